The number of rotatable bonds is 4. The van der Waals surface area contributed by atoms with Gasteiger partial charge in [0, 0.05) is 23.2 Å². The van der Waals surface area contributed by atoms with Gasteiger partial charge in [-0.25, -0.2) is 0 Å². The Bertz CT molecular complexity index is 951. The first-order valence-electron chi connectivity index (χ1n) is 12.7. The minimum absolute atomic E-state index is 0.000599. The van der Waals surface area contributed by atoms with Gasteiger partial charge in [0.15, 0.2) is 11.5 Å². The number of piperidine rings is 1. The zero-order chi connectivity index (χ0) is 25.4. The smallest absolute Gasteiger partial charge is 0.161 e. The standard InChI is InChI=1S/C19H29NO3/c1-12(2)7-14-11-20-6-5-13-8-18(22-3)19(23-4)9-15(13)16(20)10-17(14)21/h8-9,12,14,16-17,21H,5-7,10-11H2,1-4H3/i4D3,8D,9D,10D2,14D,16D,17D. The fourth-order valence-electron chi connectivity index (χ4n) is 3.08. The molecule has 0 aliphatic carbocycles. The summed E-state index contributed by atoms with van der Waals surface area (Å²) in [4.78, 5) is 1.30. The van der Waals surface area contributed by atoms with E-state index in [9.17, 15) is 6.48 Å². The average Bonchev–Trinajstić information content (AvgIpc) is 2.64. The van der Waals surface area contributed by atoms with Gasteiger partial charge in [-0.1, -0.05) is 13.8 Å². The normalized spacial score (nSPS) is 46.1. The summed E-state index contributed by atoms with van der Waals surface area (Å²) in [5.74, 6) is -3.06. The monoisotopic (exact) mass is 329 g/mol. The van der Waals surface area contributed by atoms with Crippen LogP contribution in [0.15, 0.2) is 12.1 Å². The molecule has 4 nitrogen and oxygen atoms in total. The fourth-order valence-corrected chi connectivity index (χ4v) is 3.08. The van der Waals surface area contributed by atoms with Crippen LogP contribution in [0.4, 0.5) is 0 Å². The quantitative estimate of drug-likeness (QED) is 0.922. The van der Waals surface area contributed by atoms with Crippen LogP contribution < -0.4 is 9.47 Å². The summed E-state index contributed by atoms with van der Waals surface area (Å²) < 4.78 is 93.6. The molecular formula is C19H29NO3. The molecule has 3 atom stereocenters. The van der Waals surface area contributed by atoms with E-state index in [2.05, 4.69) is 0 Å². The number of benzene rings is 1. The van der Waals surface area contributed by atoms with Gasteiger partial charge in [-0.15, -0.1) is 0 Å². The molecule has 4 heteroatoms. The Balaban J connectivity index is 2.33. The lowest BCUT2D eigenvalue weighted by atomic mass is 9.79. The van der Waals surface area contributed by atoms with Gasteiger partial charge < -0.3 is 14.6 Å². The van der Waals surface area contributed by atoms with Crippen LogP contribution in [-0.4, -0.2) is 43.3 Å². The molecule has 3 unspecified atom stereocenters. The SMILES string of the molecule is [2H]c1c2c(c([2H])c(OC([2H])([2H])[2H])c1OC)C1([2H])N(CC2)CC([2H])(CC(C)C)C([2H])(O)C1([2H])[2H]. The molecule has 0 aromatic heterocycles. The molecule has 23 heavy (non-hydrogen) atoms. The number of aliphatic hydroxyl groups is 1. The van der Waals surface area contributed by atoms with Crippen LogP contribution in [0.1, 0.15) is 57.5 Å². The summed E-state index contributed by atoms with van der Waals surface area (Å²) in [6.07, 6.45) is -6.04. The van der Waals surface area contributed by atoms with Crippen molar-refractivity contribution in [3.63, 3.8) is 0 Å². The van der Waals surface area contributed by atoms with Gasteiger partial charge in [-0.3, -0.25) is 4.90 Å². The van der Waals surface area contributed by atoms with E-state index in [1.54, 1.807) is 13.8 Å². The van der Waals surface area contributed by atoms with Crippen LogP contribution in [-0.2, 0) is 6.42 Å². The van der Waals surface area contributed by atoms with Gasteiger partial charge >= 0.3 is 0 Å². The Morgan fingerprint density at radius 3 is 2.96 bits per heavy atom. The molecule has 1 saturated heterocycles. The van der Waals surface area contributed by atoms with Crippen LogP contribution in [0.25, 0.3) is 0 Å². The summed E-state index contributed by atoms with van der Waals surface area (Å²) in [5, 5.41) is 11.1. The van der Waals surface area contributed by atoms with Gasteiger partial charge in [0.1, 0.15) is 0 Å². The predicted molar refractivity (Wildman–Crippen MR) is 91.1 cm³/mol. The van der Waals surface area contributed by atoms with Gasteiger partial charge in [0.2, 0.25) is 0 Å². The minimum Gasteiger partial charge on any atom is -0.493 e. The van der Waals surface area contributed by atoms with Crippen molar-refractivity contribution in [2.45, 2.75) is 45.2 Å². The summed E-state index contributed by atoms with van der Waals surface area (Å²) in [7, 11) is -1.83. The van der Waals surface area contributed by atoms with Crippen LogP contribution in [0.3, 0.4) is 0 Å². The van der Waals surface area contributed by atoms with E-state index in [4.69, 9.17) is 21.8 Å². The van der Waals surface area contributed by atoms with E-state index in [1.807, 2.05) is 0 Å². The zero-order valence-electron chi connectivity index (χ0n) is 23.6. The molecule has 2 aliphatic heterocycles. The Labute approximate surface area is 153 Å². The third kappa shape index (κ3) is 3.20. The van der Waals surface area contributed by atoms with Crippen molar-refractivity contribution in [3.05, 3.63) is 23.2 Å². The highest BCUT2D eigenvalue weighted by Gasteiger charge is 2.38. The summed E-state index contributed by atoms with van der Waals surface area (Å²) in [6, 6.07) is -3.55. The molecule has 128 valence electrons. The highest BCUT2D eigenvalue weighted by atomic mass is 16.5. The van der Waals surface area contributed by atoms with Crippen molar-refractivity contribution >= 4 is 0 Å². The summed E-state index contributed by atoms with van der Waals surface area (Å²) in [6.45, 7) is 3.30. The van der Waals surface area contributed by atoms with E-state index in [0.29, 0.717) is 0 Å². The molecule has 0 bridgehead atoms. The Hall–Kier alpha value is -1.26. The minimum atomic E-state index is -3.10. The highest BCUT2D eigenvalue weighted by molar-refractivity contribution is 5.49. The third-order valence-electron chi connectivity index (χ3n) is 4.11. The zero-order valence-corrected chi connectivity index (χ0v) is 13.6. The van der Waals surface area contributed by atoms with Crippen molar-refractivity contribution < 1.29 is 28.3 Å². The van der Waals surface area contributed by atoms with E-state index in [-0.39, 0.29) is 54.8 Å². The Kier molecular flexibility index (Phi) is 2.39. The predicted octanol–water partition coefficient (Wildman–Crippen LogP) is 3.03. The van der Waals surface area contributed by atoms with Crippen LogP contribution in [0, 0.1) is 11.8 Å². The van der Waals surface area contributed by atoms with Crippen LogP contribution >= 0.6 is 0 Å². The van der Waals surface area contributed by atoms with E-state index < -0.39 is 43.2 Å². The number of hydrogen-bond acceptors (Lipinski definition) is 4. The lowest BCUT2D eigenvalue weighted by molar-refractivity contribution is -0.0191. The van der Waals surface area contributed by atoms with E-state index >= 15 is 0 Å². The Morgan fingerprint density at radius 1 is 1.48 bits per heavy atom. The number of methoxy groups -OCH3 is 2. The number of fused-ring (bicyclic) bond motifs is 3. The fraction of sp³-hybridized carbons (Fsp3) is 0.684. The van der Waals surface area contributed by atoms with Gasteiger partial charge in [-0.2, -0.15) is 0 Å². The third-order valence-corrected chi connectivity index (χ3v) is 4.11. The first-order valence-corrected chi connectivity index (χ1v) is 7.72. The lowest BCUT2D eigenvalue weighted by Crippen LogP contribution is -2.48. The highest BCUT2D eigenvalue weighted by Crippen LogP contribution is 2.43. The molecule has 0 saturated carbocycles. The molecule has 1 aromatic carbocycles. The average molecular weight is 330 g/mol. The molecule has 1 fully saturated rings. The molecule has 0 spiro atoms. The maximum Gasteiger partial charge on any atom is 0.161 e. The molecule has 1 aromatic rings. The molecule has 1 N–H and O–H groups in total. The largest absolute Gasteiger partial charge is 0.493 e. The molecule has 2 heterocycles. The second kappa shape index (κ2) is 6.70. The van der Waals surface area contributed by atoms with Gasteiger partial charge in [-0.05, 0) is 54.2 Å². The number of nitrogens with zero attached hydrogens (tertiary/aromatic N) is 1. The Morgan fingerprint density at radius 2 is 2.26 bits per heavy atom. The van der Waals surface area contributed by atoms with Crippen molar-refractivity contribution in [1.29, 1.82) is 0 Å². The second-order valence-electron chi connectivity index (χ2n) is 6.26. The second-order valence-corrected chi connectivity index (χ2v) is 6.26. The van der Waals surface area contributed by atoms with Crippen LogP contribution in [0.5, 0.6) is 11.5 Å². The lowest BCUT2D eigenvalue weighted by Gasteiger charge is -2.46. The van der Waals surface area contributed by atoms with Gasteiger partial charge in [0.05, 0.1) is 29.8 Å². The summed E-state index contributed by atoms with van der Waals surface area (Å²) >= 11 is 0. The van der Waals surface area contributed by atoms with Gasteiger partial charge in [0.25, 0.3) is 0 Å². The molecule has 2 aliphatic rings. The van der Waals surface area contributed by atoms with Crippen molar-refractivity contribution in [3.8, 4) is 11.5 Å². The summed E-state index contributed by atoms with van der Waals surface area (Å²) in [5.41, 5.74) is -0.275. The maximum absolute atomic E-state index is 11.1. The molecule has 0 amide bonds. The maximum atomic E-state index is 11.1. The first kappa shape index (κ1) is 8.21. The number of hydrogen-bond donors (Lipinski definition) is 1. The van der Waals surface area contributed by atoms with Crippen LogP contribution in [0.2, 0.25) is 0 Å². The van der Waals surface area contributed by atoms with E-state index in [0.717, 1.165) is 0 Å². The first-order chi connectivity index (χ1) is 14.9. The van der Waals surface area contributed by atoms with Crippen molar-refractivity contribution in [2.75, 3.05) is 27.2 Å². The van der Waals surface area contributed by atoms with Crippen molar-refractivity contribution in [2.24, 2.45) is 11.8 Å². The number of ether oxygens (including phenoxy) is 2. The molecular weight excluding hydrogens is 290 g/mol. The van der Waals surface area contributed by atoms with Crippen molar-refractivity contribution in [1.82, 2.24) is 4.90 Å². The molecule has 3 rings (SSSR count). The topological polar surface area (TPSA) is 41.9 Å². The van der Waals surface area contributed by atoms with E-state index in [1.165, 1.54) is 12.0 Å². The molecule has 0 radical (unpaired) electrons.